The van der Waals surface area contributed by atoms with Crippen LogP contribution in [0.1, 0.15) is 22.3 Å². The molecule has 6 rings (SSSR count). The molecule has 0 saturated carbocycles. The molecule has 8 nitrogen and oxygen atoms in total. The number of rotatable bonds is 3. The number of H-pyrrole nitrogens is 1. The number of aryl methyl sites for hydroxylation is 1. The number of hydrogen-bond acceptors (Lipinski definition) is 6. The number of anilines is 1. The van der Waals surface area contributed by atoms with Gasteiger partial charge in [-0.2, -0.15) is 5.26 Å². The molecule has 0 aliphatic heterocycles. The van der Waals surface area contributed by atoms with Crippen LogP contribution in [0.4, 0.5) is 5.95 Å². The summed E-state index contributed by atoms with van der Waals surface area (Å²) in [5, 5.41) is 18.9. The molecule has 1 aliphatic rings. The van der Waals surface area contributed by atoms with Crippen LogP contribution >= 0.6 is 0 Å². The number of aromatic amines is 1. The number of fused-ring (bicyclic) bond motifs is 4. The van der Waals surface area contributed by atoms with E-state index in [-0.39, 0.29) is 5.95 Å². The summed E-state index contributed by atoms with van der Waals surface area (Å²) in [5.74, 6) is 0.227. The molecule has 3 N–H and O–H groups in total. The van der Waals surface area contributed by atoms with Gasteiger partial charge in [0.1, 0.15) is 11.4 Å². The van der Waals surface area contributed by atoms with E-state index in [4.69, 9.17) is 5.73 Å². The summed E-state index contributed by atoms with van der Waals surface area (Å²) in [4.78, 5) is 12.3. The van der Waals surface area contributed by atoms with Gasteiger partial charge in [0.15, 0.2) is 0 Å². The zero-order chi connectivity index (χ0) is 21.7. The number of hydrogen-bond donors (Lipinski definition) is 2. The lowest BCUT2D eigenvalue weighted by Crippen LogP contribution is -2.11. The molecule has 32 heavy (non-hydrogen) atoms. The van der Waals surface area contributed by atoms with Gasteiger partial charge in [-0.25, -0.2) is 14.6 Å². The van der Waals surface area contributed by atoms with Gasteiger partial charge >= 0.3 is 0 Å². The van der Waals surface area contributed by atoms with E-state index in [1.807, 2.05) is 36.7 Å². The van der Waals surface area contributed by atoms with Crippen LogP contribution in [0.5, 0.6) is 0 Å². The lowest BCUT2D eigenvalue weighted by atomic mass is 9.88. The summed E-state index contributed by atoms with van der Waals surface area (Å²) in [6.45, 7) is 0.521. The lowest BCUT2D eigenvalue weighted by Gasteiger charge is -2.20. The van der Waals surface area contributed by atoms with Crippen LogP contribution in [0.25, 0.3) is 33.5 Å². The Bertz CT molecular complexity index is 1540. The Morgan fingerprint density at radius 3 is 2.88 bits per heavy atom. The highest BCUT2D eigenvalue weighted by molar-refractivity contribution is 5.84. The summed E-state index contributed by atoms with van der Waals surface area (Å²) < 4.78 is 1.78. The van der Waals surface area contributed by atoms with Crippen molar-refractivity contribution in [2.24, 2.45) is 0 Å². The number of nitriles is 1. The van der Waals surface area contributed by atoms with Gasteiger partial charge in [0.25, 0.3) is 0 Å². The number of nitrogens with one attached hydrogen (secondary N) is 1. The summed E-state index contributed by atoms with van der Waals surface area (Å²) in [7, 11) is 0. The van der Waals surface area contributed by atoms with E-state index >= 15 is 0 Å². The molecule has 8 heteroatoms. The number of benzene rings is 2. The number of nitrogens with two attached hydrogens (primary N) is 1. The smallest absolute Gasteiger partial charge is 0.221 e. The first kappa shape index (κ1) is 18.3. The van der Waals surface area contributed by atoms with Gasteiger partial charge in [0, 0.05) is 28.2 Å². The number of nitrogens with zero attached hydrogens (tertiary/aromatic N) is 6. The van der Waals surface area contributed by atoms with Crippen LogP contribution in [0.15, 0.2) is 54.9 Å². The number of nitrogen functional groups attached to an aromatic ring is 1. The van der Waals surface area contributed by atoms with Crippen LogP contribution in [-0.4, -0.2) is 29.9 Å². The first-order chi connectivity index (χ1) is 15.7. The maximum Gasteiger partial charge on any atom is 0.221 e. The van der Waals surface area contributed by atoms with Gasteiger partial charge in [-0.1, -0.05) is 29.5 Å². The Morgan fingerprint density at radius 1 is 1.09 bits per heavy atom. The molecule has 2 aromatic carbocycles. The molecule has 0 fully saturated rings. The molecule has 0 unspecified atom stereocenters. The summed E-state index contributed by atoms with van der Waals surface area (Å²) >= 11 is 0. The van der Waals surface area contributed by atoms with E-state index in [0.717, 1.165) is 51.8 Å². The molecular weight excluding hydrogens is 400 g/mol. The molecule has 3 heterocycles. The summed E-state index contributed by atoms with van der Waals surface area (Å²) in [5.41, 5.74) is 14.4. The van der Waals surface area contributed by atoms with Gasteiger partial charge in [0.2, 0.25) is 5.95 Å². The van der Waals surface area contributed by atoms with Gasteiger partial charge in [-0.3, -0.25) is 0 Å². The Labute approximate surface area is 183 Å². The minimum atomic E-state index is 0.227. The first-order valence-corrected chi connectivity index (χ1v) is 10.3. The molecule has 0 atom stereocenters. The Morgan fingerprint density at radius 2 is 1.97 bits per heavy atom. The minimum Gasteiger partial charge on any atom is -0.368 e. The van der Waals surface area contributed by atoms with Crippen molar-refractivity contribution in [3.8, 4) is 28.7 Å². The van der Waals surface area contributed by atoms with E-state index in [1.54, 1.807) is 10.7 Å². The van der Waals surface area contributed by atoms with Crippen LogP contribution in [0, 0.1) is 11.3 Å². The fourth-order valence-electron chi connectivity index (χ4n) is 4.44. The molecule has 1 aliphatic carbocycles. The zero-order valence-electron chi connectivity index (χ0n) is 17.1. The largest absolute Gasteiger partial charge is 0.368 e. The van der Waals surface area contributed by atoms with Crippen molar-refractivity contribution in [3.63, 3.8) is 0 Å². The van der Waals surface area contributed by atoms with E-state index in [1.165, 1.54) is 5.56 Å². The van der Waals surface area contributed by atoms with Crippen molar-refractivity contribution in [1.82, 2.24) is 29.9 Å². The second-order valence-electron chi connectivity index (χ2n) is 7.90. The van der Waals surface area contributed by atoms with E-state index in [9.17, 15) is 5.26 Å². The predicted octanol–water partition coefficient (Wildman–Crippen LogP) is 3.48. The van der Waals surface area contributed by atoms with Crippen molar-refractivity contribution < 1.29 is 0 Å². The highest BCUT2D eigenvalue weighted by Crippen LogP contribution is 2.36. The SMILES string of the molecule is N#Cc1ccc2[nH]cc(Cn3cc(-c4nc(N)nc5c4CCc4ccccc4-5)nn3)c2c1. The van der Waals surface area contributed by atoms with Gasteiger partial charge in [0.05, 0.1) is 30.1 Å². The Balaban J connectivity index is 1.39. The monoisotopic (exact) mass is 418 g/mol. The van der Waals surface area contributed by atoms with Crippen LogP contribution < -0.4 is 5.73 Å². The topological polar surface area (TPSA) is 122 Å². The predicted molar refractivity (Wildman–Crippen MR) is 120 cm³/mol. The maximum atomic E-state index is 9.22. The molecule has 0 amide bonds. The van der Waals surface area contributed by atoms with E-state index in [2.05, 4.69) is 43.5 Å². The average Bonchev–Trinajstić information content (AvgIpc) is 3.45. The van der Waals surface area contributed by atoms with Gasteiger partial charge in [-0.05, 0) is 42.2 Å². The van der Waals surface area contributed by atoms with Crippen molar-refractivity contribution in [2.45, 2.75) is 19.4 Å². The number of aromatic nitrogens is 6. The molecule has 0 spiro atoms. The van der Waals surface area contributed by atoms with Gasteiger partial charge in [-0.15, -0.1) is 5.10 Å². The lowest BCUT2D eigenvalue weighted by molar-refractivity contribution is 0.652. The third-order valence-electron chi connectivity index (χ3n) is 5.95. The maximum absolute atomic E-state index is 9.22. The molecular formula is C24H18N8. The van der Waals surface area contributed by atoms with E-state index < -0.39 is 0 Å². The third-order valence-corrected chi connectivity index (χ3v) is 5.95. The van der Waals surface area contributed by atoms with Crippen LogP contribution in [0.3, 0.4) is 0 Å². The van der Waals surface area contributed by atoms with Gasteiger partial charge < -0.3 is 10.7 Å². The molecule has 0 saturated heterocycles. The highest BCUT2D eigenvalue weighted by atomic mass is 15.4. The Kier molecular flexibility index (Phi) is 4.01. The zero-order valence-corrected chi connectivity index (χ0v) is 17.1. The van der Waals surface area contributed by atoms with Crippen LogP contribution in [0.2, 0.25) is 0 Å². The first-order valence-electron chi connectivity index (χ1n) is 10.3. The third kappa shape index (κ3) is 2.91. The normalized spacial score (nSPS) is 12.3. The summed E-state index contributed by atoms with van der Waals surface area (Å²) in [6, 6.07) is 16.1. The average molecular weight is 418 g/mol. The molecule has 5 aromatic rings. The van der Waals surface area contributed by atoms with Crippen molar-refractivity contribution in [3.05, 3.63) is 77.1 Å². The van der Waals surface area contributed by atoms with Crippen molar-refractivity contribution in [2.75, 3.05) is 5.73 Å². The highest BCUT2D eigenvalue weighted by Gasteiger charge is 2.24. The van der Waals surface area contributed by atoms with Crippen LogP contribution in [-0.2, 0) is 19.4 Å². The molecule has 0 radical (unpaired) electrons. The molecule has 3 aromatic heterocycles. The molecule has 154 valence electrons. The Hall–Kier alpha value is -4.51. The minimum absolute atomic E-state index is 0.227. The van der Waals surface area contributed by atoms with Crippen molar-refractivity contribution >= 4 is 16.9 Å². The second-order valence-corrected chi connectivity index (χ2v) is 7.90. The summed E-state index contributed by atoms with van der Waals surface area (Å²) in [6.07, 6.45) is 5.58. The molecule has 0 bridgehead atoms. The fraction of sp³-hybridized carbons (Fsp3) is 0.125. The second kappa shape index (κ2) is 7.03. The van der Waals surface area contributed by atoms with E-state index in [0.29, 0.717) is 17.8 Å². The van der Waals surface area contributed by atoms with Crippen molar-refractivity contribution in [1.29, 1.82) is 5.26 Å². The quantitative estimate of drug-likeness (QED) is 0.462. The fourth-order valence-corrected chi connectivity index (χ4v) is 4.44. The standard InChI is InChI=1S/C24H18N8/c25-10-14-5-8-20-19(9-14)16(11-27-20)12-32-13-21(30-31-32)23-18-7-6-15-3-1-2-4-17(15)22(18)28-24(26)29-23/h1-5,8-9,11,13,27H,6-7,12H2,(H2,26,28,29).